The molecule has 1 aliphatic carbocycles. The zero-order chi connectivity index (χ0) is 14.7. The Bertz CT molecular complexity index is 755. The van der Waals surface area contributed by atoms with Crippen LogP contribution in [-0.4, -0.2) is 5.78 Å². The molecule has 0 aromatic heterocycles. The van der Waals surface area contributed by atoms with Crippen LogP contribution in [0.25, 0.3) is 6.08 Å². The van der Waals surface area contributed by atoms with Gasteiger partial charge in [-0.3, -0.25) is 4.79 Å². The number of nitrogens with zero attached hydrogens (tertiary/aromatic N) is 1. The highest BCUT2D eigenvalue weighted by atomic mass is 16.5. The van der Waals surface area contributed by atoms with Gasteiger partial charge >= 0.3 is 0 Å². The van der Waals surface area contributed by atoms with Crippen LogP contribution >= 0.6 is 0 Å². The fourth-order valence-corrected chi connectivity index (χ4v) is 2.36. The van der Waals surface area contributed by atoms with Gasteiger partial charge in [0.2, 0.25) is 0 Å². The van der Waals surface area contributed by atoms with Crippen LogP contribution in [0.1, 0.15) is 17.5 Å². The third kappa shape index (κ3) is 2.85. The van der Waals surface area contributed by atoms with E-state index in [0.29, 0.717) is 12.0 Å². The highest BCUT2D eigenvalue weighted by molar-refractivity contribution is 6.02. The van der Waals surface area contributed by atoms with Gasteiger partial charge in [-0.1, -0.05) is 24.3 Å². The molecule has 0 saturated carbocycles. The Labute approximate surface area is 123 Å². The van der Waals surface area contributed by atoms with Crippen LogP contribution in [0, 0.1) is 11.3 Å². The maximum Gasteiger partial charge on any atom is 0.173 e. The Hall–Kier alpha value is -2.86. The number of ketones is 1. The third-order valence-corrected chi connectivity index (χ3v) is 3.40. The molecule has 3 heteroatoms. The van der Waals surface area contributed by atoms with Crippen molar-refractivity contribution in [3.63, 3.8) is 0 Å². The first-order chi connectivity index (χ1) is 10.3. The SMILES string of the molecule is N#CCC(=O)C1=Cc2cc(Oc3ccccc3)ccc2C1. The predicted molar refractivity (Wildman–Crippen MR) is 79.9 cm³/mol. The molecule has 0 aliphatic heterocycles. The lowest BCUT2D eigenvalue weighted by Crippen LogP contribution is -2.00. The number of Topliss-reactive ketones (excluding diaryl/α,β-unsaturated/α-hetero) is 1. The second-order valence-corrected chi connectivity index (χ2v) is 4.88. The standard InChI is InChI=1S/C18H13NO2/c19-9-8-18(20)15-10-13-6-7-17(12-14(13)11-15)21-16-4-2-1-3-5-16/h1-7,11-12H,8,10H2. The highest BCUT2D eigenvalue weighted by Crippen LogP contribution is 2.31. The van der Waals surface area contributed by atoms with Gasteiger partial charge in [-0.05, 0) is 41.5 Å². The molecule has 0 N–H and O–H groups in total. The zero-order valence-corrected chi connectivity index (χ0v) is 11.4. The lowest BCUT2D eigenvalue weighted by Gasteiger charge is -2.07. The first-order valence-corrected chi connectivity index (χ1v) is 6.73. The summed E-state index contributed by atoms with van der Waals surface area (Å²) in [6.07, 6.45) is 2.39. The average Bonchev–Trinajstić information content (AvgIpc) is 2.92. The second-order valence-electron chi connectivity index (χ2n) is 4.88. The van der Waals surface area contributed by atoms with Gasteiger partial charge in [-0.2, -0.15) is 5.26 Å². The average molecular weight is 275 g/mol. The summed E-state index contributed by atoms with van der Waals surface area (Å²) < 4.78 is 5.78. The van der Waals surface area contributed by atoms with E-state index in [-0.39, 0.29) is 12.2 Å². The van der Waals surface area contributed by atoms with Crippen molar-refractivity contribution in [3.8, 4) is 17.6 Å². The molecule has 2 aromatic rings. The molecule has 2 aromatic carbocycles. The van der Waals surface area contributed by atoms with Crippen LogP contribution in [0.5, 0.6) is 11.5 Å². The molecule has 0 heterocycles. The minimum atomic E-state index is -0.0979. The molecule has 1 aliphatic rings. The smallest absolute Gasteiger partial charge is 0.173 e. The van der Waals surface area contributed by atoms with E-state index < -0.39 is 0 Å². The Balaban J connectivity index is 1.82. The Morgan fingerprint density at radius 1 is 1.14 bits per heavy atom. The predicted octanol–water partition coefficient (Wildman–Crippen LogP) is 3.90. The molecule has 21 heavy (non-hydrogen) atoms. The van der Waals surface area contributed by atoms with E-state index in [4.69, 9.17) is 10.00 Å². The van der Waals surface area contributed by atoms with Crippen LogP contribution in [0.4, 0.5) is 0 Å². The van der Waals surface area contributed by atoms with Crippen molar-refractivity contribution in [3.05, 3.63) is 65.2 Å². The topological polar surface area (TPSA) is 50.1 Å². The molecule has 3 nitrogen and oxygen atoms in total. The molecule has 0 bridgehead atoms. The lowest BCUT2D eigenvalue weighted by atomic mass is 10.1. The summed E-state index contributed by atoms with van der Waals surface area (Å²) in [6, 6.07) is 17.3. The Morgan fingerprint density at radius 2 is 1.95 bits per heavy atom. The van der Waals surface area contributed by atoms with E-state index in [9.17, 15) is 4.79 Å². The van der Waals surface area contributed by atoms with E-state index in [1.807, 2.05) is 60.7 Å². The number of carbonyl (C=O) groups excluding carboxylic acids is 1. The third-order valence-electron chi connectivity index (χ3n) is 3.40. The van der Waals surface area contributed by atoms with Gasteiger partial charge in [-0.25, -0.2) is 0 Å². The van der Waals surface area contributed by atoms with Crippen molar-refractivity contribution in [1.82, 2.24) is 0 Å². The minimum Gasteiger partial charge on any atom is -0.457 e. The number of nitriles is 1. The van der Waals surface area contributed by atoms with Crippen LogP contribution in [0.15, 0.2) is 54.1 Å². The maximum atomic E-state index is 11.8. The van der Waals surface area contributed by atoms with Crippen molar-refractivity contribution in [1.29, 1.82) is 5.26 Å². The highest BCUT2D eigenvalue weighted by Gasteiger charge is 2.18. The van der Waals surface area contributed by atoms with Gasteiger partial charge in [0.15, 0.2) is 5.78 Å². The number of carbonyl (C=O) groups is 1. The van der Waals surface area contributed by atoms with Gasteiger partial charge in [0.1, 0.15) is 11.5 Å². The molecule has 0 atom stereocenters. The van der Waals surface area contributed by atoms with E-state index in [1.165, 1.54) is 0 Å². The molecule has 0 amide bonds. The number of allylic oxidation sites excluding steroid dienone is 1. The molecule has 0 saturated heterocycles. The Kier molecular flexibility index (Phi) is 3.53. The number of benzene rings is 2. The zero-order valence-electron chi connectivity index (χ0n) is 11.4. The van der Waals surface area contributed by atoms with Gasteiger partial charge in [0.25, 0.3) is 0 Å². The number of hydrogen-bond acceptors (Lipinski definition) is 3. The largest absolute Gasteiger partial charge is 0.457 e. The van der Waals surface area contributed by atoms with E-state index in [2.05, 4.69) is 0 Å². The summed E-state index contributed by atoms with van der Waals surface area (Å²) in [4.78, 5) is 11.8. The number of hydrogen-bond donors (Lipinski definition) is 0. The van der Waals surface area contributed by atoms with Crippen LogP contribution < -0.4 is 4.74 Å². The molecule has 0 radical (unpaired) electrons. The van der Waals surface area contributed by atoms with Crippen molar-refractivity contribution in [2.75, 3.05) is 0 Å². The van der Waals surface area contributed by atoms with Crippen molar-refractivity contribution >= 4 is 11.9 Å². The van der Waals surface area contributed by atoms with E-state index >= 15 is 0 Å². The van der Waals surface area contributed by atoms with Crippen molar-refractivity contribution in [2.24, 2.45) is 0 Å². The molecular formula is C18H13NO2. The molecule has 102 valence electrons. The second kappa shape index (κ2) is 5.64. The monoisotopic (exact) mass is 275 g/mol. The van der Waals surface area contributed by atoms with Gasteiger partial charge in [-0.15, -0.1) is 0 Å². The molecule has 0 fully saturated rings. The summed E-state index contributed by atoms with van der Waals surface area (Å²) in [7, 11) is 0. The Morgan fingerprint density at radius 3 is 2.71 bits per heavy atom. The minimum absolute atomic E-state index is 0.0623. The quantitative estimate of drug-likeness (QED) is 0.850. The molecule has 3 rings (SSSR count). The number of para-hydroxylation sites is 1. The lowest BCUT2D eigenvalue weighted by molar-refractivity contribution is -0.114. The molecular weight excluding hydrogens is 262 g/mol. The van der Waals surface area contributed by atoms with E-state index in [0.717, 1.165) is 22.6 Å². The number of fused-ring (bicyclic) bond motifs is 1. The summed E-state index contributed by atoms with van der Waals surface area (Å²) in [5.74, 6) is 1.42. The molecule has 0 spiro atoms. The fourth-order valence-electron chi connectivity index (χ4n) is 2.36. The first kappa shape index (κ1) is 13.1. The maximum absolute atomic E-state index is 11.8. The van der Waals surface area contributed by atoms with Gasteiger partial charge in [0, 0.05) is 12.0 Å². The summed E-state index contributed by atoms with van der Waals surface area (Å²) >= 11 is 0. The van der Waals surface area contributed by atoms with Crippen LogP contribution in [-0.2, 0) is 11.2 Å². The summed E-state index contributed by atoms with van der Waals surface area (Å²) in [6.45, 7) is 0. The van der Waals surface area contributed by atoms with E-state index in [1.54, 1.807) is 0 Å². The van der Waals surface area contributed by atoms with Crippen molar-refractivity contribution < 1.29 is 9.53 Å². The first-order valence-electron chi connectivity index (χ1n) is 6.73. The fraction of sp³-hybridized carbons (Fsp3) is 0.111. The summed E-state index contributed by atoms with van der Waals surface area (Å²) in [5.41, 5.74) is 2.78. The number of rotatable bonds is 4. The van der Waals surface area contributed by atoms with Crippen LogP contribution in [0.2, 0.25) is 0 Å². The van der Waals surface area contributed by atoms with Gasteiger partial charge in [0.05, 0.1) is 12.5 Å². The van der Waals surface area contributed by atoms with Gasteiger partial charge < -0.3 is 4.74 Å². The van der Waals surface area contributed by atoms with Crippen molar-refractivity contribution in [2.45, 2.75) is 12.8 Å². The summed E-state index contributed by atoms with van der Waals surface area (Å²) in [5, 5.41) is 8.60. The molecule has 0 unspecified atom stereocenters. The van der Waals surface area contributed by atoms with Crippen LogP contribution in [0.3, 0.4) is 0 Å². The normalized spacial score (nSPS) is 12.2. The number of ether oxygens (including phenoxy) is 1.